The Morgan fingerprint density at radius 3 is 2.33 bits per heavy atom. The number of hydrogen-bond donors (Lipinski definition) is 1. The number of halogens is 1. The van der Waals surface area contributed by atoms with Crippen LogP contribution >= 0.6 is 11.6 Å². The number of benzene rings is 2. The number of carbonyl (C=O) groups excluding carboxylic acids is 3. The summed E-state index contributed by atoms with van der Waals surface area (Å²) in [5.74, 6) is -0.836. The second-order valence-electron chi connectivity index (χ2n) is 5.97. The Kier molecular flexibility index (Phi) is 6.96. The maximum Gasteiger partial charge on any atom is 0.337 e. The van der Waals surface area contributed by atoms with Crippen LogP contribution in [0.3, 0.4) is 0 Å². The fraction of sp³-hybridized carbons (Fsp3) is 0.250. The molecule has 0 heterocycles. The zero-order chi connectivity index (χ0) is 20.0. The normalized spacial score (nSPS) is 10.2. The maximum atomic E-state index is 12.2. The minimum absolute atomic E-state index is 0.125. The van der Waals surface area contributed by atoms with Crippen molar-refractivity contribution in [3.8, 4) is 0 Å². The minimum atomic E-state index is -0.441. The lowest BCUT2D eigenvalue weighted by atomic mass is 10.1. The highest BCUT2D eigenvalue weighted by Gasteiger charge is 2.16. The van der Waals surface area contributed by atoms with Crippen molar-refractivity contribution in [1.82, 2.24) is 0 Å². The van der Waals surface area contributed by atoms with Crippen molar-refractivity contribution in [2.45, 2.75) is 20.3 Å². The molecule has 0 aliphatic rings. The molecule has 2 aromatic carbocycles. The van der Waals surface area contributed by atoms with Gasteiger partial charge in [0.2, 0.25) is 11.8 Å². The summed E-state index contributed by atoms with van der Waals surface area (Å²) in [7, 11) is 1.31. The van der Waals surface area contributed by atoms with E-state index in [9.17, 15) is 14.4 Å². The third-order valence-electron chi connectivity index (χ3n) is 3.98. The molecule has 2 aromatic rings. The predicted molar refractivity (Wildman–Crippen MR) is 105 cm³/mol. The van der Waals surface area contributed by atoms with Crippen molar-refractivity contribution in [3.05, 3.63) is 58.6 Å². The van der Waals surface area contributed by atoms with E-state index in [1.165, 1.54) is 14.0 Å². The first-order chi connectivity index (χ1) is 12.8. The van der Waals surface area contributed by atoms with Crippen LogP contribution in [0.2, 0.25) is 5.02 Å². The molecular formula is C20H21ClN2O4. The van der Waals surface area contributed by atoms with Crippen molar-refractivity contribution in [2.75, 3.05) is 23.9 Å². The van der Waals surface area contributed by atoms with Crippen molar-refractivity contribution < 1.29 is 19.1 Å². The Hall–Kier alpha value is -2.86. The molecule has 0 unspecified atom stereocenters. The fourth-order valence-electron chi connectivity index (χ4n) is 2.61. The van der Waals surface area contributed by atoms with Gasteiger partial charge in [0, 0.05) is 36.3 Å². The van der Waals surface area contributed by atoms with Gasteiger partial charge >= 0.3 is 5.97 Å². The molecule has 0 saturated heterocycles. The Morgan fingerprint density at radius 1 is 1.11 bits per heavy atom. The van der Waals surface area contributed by atoms with E-state index >= 15 is 0 Å². The molecule has 27 heavy (non-hydrogen) atoms. The van der Waals surface area contributed by atoms with Crippen LogP contribution in [0.15, 0.2) is 42.5 Å². The topological polar surface area (TPSA) is 75.7 Å². The van der Waals surface area contributed by atoms with Crippen LogP contribution in [0.1, 0.15) is 29.3 Å². The van der Waals surface area contributed by atoms with Crippen LogP contribution < -0.4 is 10.2 Å². The van der Waals surface area contributed by atoms with Crippen molar-refractivity contribution in [3.63, 3.8) is 0 Å². The number of nitrogens with zero attached hydrogens (tertiary/aromatic N) is 1. The number of methoxy groups -OCH3 is 1. The molecule has 0 aromatic heterocycles. The van der Waals surface area contributed by atoms with Gasteiger partial charge in [-0.2, -0.15) is 0 Å². The van der Waals surface area contributed by atoms with Crippen LogP contribution in [0, 0.1) is 6.92 Å². The van der Waals surface area contributed by atoms with E-state index in [0.29, 0.717) is 16.3 Å². The molecule has 0 radical (unpaired) electrons. The highest BCUT2D eigenvalue weighted by molar-refractivity contribution is 6.30. The summed E-state index contributed by atoms with van der Waals surface area (Å²) in [4.78, 5) is 37.2. The lowest BCUT2D eigenvalue weighted by molar-refractivity contribution is -0.117. The Bertz CT molecular complexity index is 850. The average Bonchev–Trinajstić information content (AvgIpc) is 2.63. The van der Waals surface area contributed by atoms with Gasteiger partial charge in [-0.1, -0.05) is 11.6 Å². The van der Waals surface area contributed by atoms with Gasteiger partial charge in [0.05, 0.1) is 12.7 Å². The van der Waals surface area contributed by atoms with Gasteiger partial charge < -0.3 is 15.0 Å². The van der Waals surface area contributed by atoms with Gasteiger partial charge in [-0.15, -0.1) is 0 Å². The van der Waals surface area contributed by atoms with Crippen LogP contribution in [0.25, 0.3) is 0 Å². The standard InChI is InChI=1S/C20H21ClN2O4/c1-13-12-16(21)6-9-18(13)23(14(2)24)11-10-19(25)22-17-7-4-15(5-8-17)20(26)27-3/h4-9,12H,10-11H2,1-3H3,(H,22,25). The number of rotatable bonds is 6. The zero-order valence-electron chi connectivity index (χ0n) is 15.4. The summed E-state index contributed by atoms with van der Waals surface area (Å²) in [5, 5.41) is 3.34. The molecule has 6 nitrogen and oxygen atoms in total. The van der Waals surface area contributed by atoms with E-state index in [1.54, 1.807) is 47.4 Å². The first-order valence-electron chi connectivity index (χ1n) is 8.34. The molecule has 0 aliphatic carbocycles. The second-order valence-corrected chi connectivity index (χ2v) is 6.41. The van der Waals surface area contributed by atoms with E-state index in [0.717, 1.165) is 11.3 Å². The molecule has 142 valence electrons. The van der Waals surface area contributed by atoms with Gasteiger partial charge in [0.15, 0.2) is 0 Å². The first-order valence-corrected chi connectivity index (χ1v) is 8.72. The average molecular weight is 389 g/mol. The second kappa shape index (κ2) is 9.19. The van der Waals surface area contributed by atoms with Gasteiger partial charge in [0.25, 0.3) is 0 Å². The SMILES string of the molecule is COC(=O)c1ccc(NC(=O)CCN(C(C)=O)c2ccc(Cl)cc2C)cc1. The maximum absolute atomic E-state index is 12.2. The van der Waals surface area contributed by atoms with Crippen LogP contribution in [0.4, 0.5) is 11.4 Å². The molecule has 0 saturated carbocycles. The number of ether oxygens (including phenoxy) is 1. The highest BCUT2D eigenvalue weighted by Crippen LogP contribution is 2.24. The van der Waals surface area contributed by atoms with Crippen LogP contribution in [0.5, 0.6) is 0 Å². The van der Waals surface area contributed by atoms with E-state index in [4.69, 9.17) is 11.6 Å². The molecular weight excluding hydrogens is 368 g/mol. The molecule has 0 fully saturated rings. The van der Waals surface area contributed by atoms with Gasteiger partial charge in [-0.25, -0.2) is 4.79 Å². The molecule has 1 N–H and O–H groups in total. The third-order valence-corrected chi connectivity index (χ3v) is 4.22. The molecule has 0 spiro atoms. The number of hydrogen-bond acceptors (Lipinski definition) is 4. The molecule has 2 amide bonds. The van der Waals surface area contributed by atoms with Crippen molar-refractivity contribution in [2.24, 2.45) is 0 Å². The molecule has 0 bridgehead atoms. The van der Waals surface area contributed by atoms with E-state index in [-0.39, 0.29) is 24.8 Å². The summed E-state index contributed by atoms with van der Waals surface area (Å²) in [5.41, 5.74) is 2.54. The fourth-order valence-corrected chi connectivity index (χ4v) is 2.84. The minimum Gasteiger partial charge on any atom is -0.465 e. The Morgan fingerprint density at radius 2 is 1.78 bits per heavy atom. The molecule has 0 atom stereocenters. The van der Waals surface area contributed by atoms with Gasteiger partial charge in [-0.3, -0.25) is 9.59 Å². The van der Waals surface area contributed by atoms with Crippen LogP contribution in [-0.2, 0) is 14.3 Å². The van der Waals surface area contributed by atoms with Gasteiger partial charge in [0.1, 0.15) is 0 Å². The Balaban J connectivity index is 2.00. The largest absolute Gasteiger partial charge is 0.465 e. The number of amides is 2. The van der Waals surface area contributed by atoms with Crippen molar-refractivity contribution >= 4 is 40.8 Å². The summed E-state index contributed by atoms with van der Waals surface area (Å²) in [6, 6.07) is 11.6. The first kappa shape index (κ1) is 20.5. The molecule has 2 rings (SSSR count). The predicted octanol–water partition coefficient (Wildman–Crippen LogP) is 3.82. The smallest absolute Gasteiger partial charge is 0.337 e. The number of nitrogens with one attached hydrogen (secondary N) is 1. The lowest BCUT2D eigenvalue weighted by Crippen LogP contribution is -2.32. The van der Waals surface area contributed by atoms with Crippen molar-refractivity contribution in [1.29, 1.82) is 0 Å². The zero-order valence-corrected chi connectivity index (χ0v) is 16.2. The summed E-state index contributed by atoms with van der Waals surface area (Å²) < 4.78 is 4.63. The summed E-state index contributed by atoms with van der Waals surface area (Å²) in [6.45, 7) is 3.56. The molecule has 7 heteroatoms. The summed E-state index contributed by atoms with van der Waals surface area (Å²) >= 11 is 5.96. The lowest BCUT2D eigenvalue weighted by Gasteiger charge is -2.23. The third kappa shape index (κ3) is 5.56. The van der Waals surface area contributed by atoms with Crippen LogP contribution in [-0.4, -0.2) is 31.4 Å². The van der Waals surface area contributed by atoms with E-state index in [2.05, 4.69) is 10.1 Å². The quantitative estimate of drug-likeness (QED) is 0.763. The number of aryl methyl sites for hydroxylation is 1. The Labute approximate surface area is 163 Å². The monoisotopic (exact) mass is 388 g/mol. The summed E-state index contributed by atoms with van der Waals surface area (Å²) in [6.07, 6.45) is 0.125. The number of anilines is 2. The molecule has 0 aliphatic heterocycles. The number of carbonyl (C=O) groups is 3. The highest BCUT2D eigenvalue weighted by atomic mass is 35.5. The van der Waals surface area contributed by atoms with E-state index < -0.39 is 5.97 Å². The van der Waals surface area contributed by atoms with Gasteiger partial charge in [-0.05, 0) is 55.0 Å². The van der Waals surface area contributed by atoms with E-state index in [1.807, 2.05) is 6.92 Å². The number of esters is 1.